The summed E-state index contributed by atoms with van der Waals surface area (Å²) in [4.78, 5) is 12.1. The number of carbonyl (C=O) groups is 1. The van der Waals surface area contributed by atoms with Crippen LogP contribution in [-0.4, -0.2) is 37.0 Å². The molecule has 0 aromatic heterocycles. The fraction of sp³-hybridized carbons (Fsp3) is 0.650. The van der Waals surface area contributed by atoms with E-state index >= 15 is 0 Å². The number of hydrogen-bond donors (Lipinski definition) is 3. The van der Waals surface area contributed by atoms with Crippen molar-refractivity contribution in [3.05, 3.63) is 35.4 Å². The van der Waals surface area contributed by atoms with Crippen LogP contribution in [0.1, 0.15) is 57.7 Å². The quantitative estimate of drug-likeness (QED) is 0.765. The molecule has 1 aliphatic rings. The Labute approximate surface area is 151 Å². The molecule has 0 saturated carbocycles. The molecule has 0 bridgehead atoms. The van der Waals surface area contributed by atoms with Crippen molar-refractivity contribution in [2.75, 3.05) is 19.8 Å². The summed E-state index contributed by atoms with van der Waals surface area (Å²) in [6.45, 7) is 10.2. The molecule has 1 heterocycles. The van der Waals surface area contributed by atoms with Gasteiger partial charge in [0.25, 0.3) is 0 Å². The van der Waals surface area contributed by atoms with Crippen molar-refractivity contribution in [2.24, 2.45) is 5.92 Å². The second-order valence-electron chi connectivity index (χ2n) is 7.97. The van der Waals surface area contributed by atoms with Crippen LogP contribution >= 0.6 is 0 Å². The minimum Gasteiger partial charge on any atom is -0.391 e. The summed E-state index contributed by atoms with van der Waals surface area (Å²) in [6.07, 6.45) is 1.18. The predicted octanol–water partition coefficient (Wildman–Crippen LogP) is 3.13. The zero-order valence-corrected chi connectivity index (χ0v) is 15.8. The van der Waals surface area contributed by atoms with Gasteiger partial charge in [0.15, 0.2) is 0 Å². The molecule has 1 fully saturated rings. The van der Waals surface area contributed by atoms with Crippen LogP contribution in [-0.2, 0) is 10.2 Å². The molecule has 0 aliphatic carbocycles. The van der Waals surface area contributed by atoms with Gasteiger partial charge in [-0.05, 0) is 42.2 Å². The highest BCUT2D eigenvalue weighted by Gasteiger charge is 2.22. The smallest absolute Gasteiger partial charge is 0.315 e. The van der Waals surface area contributed by atoms with Gasteiger partial charge in [0.05, 0.1) is 12.1 Å². The summed E-state index contributed by atoms with van der Waals surface area (Å²) >= 11 is 0. The average molecular weight is 348 g/mol. The molecule has 1 aliphatic heterocycles. The fourth-order valence-electron chi connectivity index (χ4n) is 3.07. The molecule has 1 aromatic rings. The Balaban J connectivity index is 1.79. The SMILES string of the molecule is C[C@H](NC(=O)NC[C@H](O)C1CCOCC1)c1ccc(C(C)(C)C)cc1. The number of nitrogens with one attached hydrogen (secondary N) is 2. The number of aliphatic hydroxyl groups excluding tert-OH is 1. The Kier molecular flexibility index (Phi) is 6.85. The van der Waals surface area contributed by atoms with Gasteiger partial charge < -0.3 is 20.5 Å². The number of rotatable bonds is 5. The minimum absolute atomic E-state index is 0.0887. The highest BCUT2D eigenvalue weighted by Crippen LogP contribution is 2.24. The number of amides is 2. The third-order valence-corrected chi connectivity index (χ3v) is 4.91. The van der Waals surface area contributed by atoms with Gasteiger partial charge in [-0.15, -0.1) is 0 Å². The van der Waals surface area contributed by atoms with Crippen LogP contribution in [0.25, 0.3) is 0 Å². The minimum atomic E-state index is -0.518. The largest absolute Gasteiger partial charge is 0.391 e. The van der Waals surface area contributed by atoms with Crippen LogP contribution in [0.15, 0.2) is 24.3 Å². The lowest BCUT2D eigenvalue weighted by Crippen LogP contribution is -2.43. The van der Waals surface area contributed by atoms with E-state index in [0.717, 1.165) is 18.4 Å². The number of carbonyl (C=O) groups excluding carboxylic acids is 1. The first-order valence-electron chi connectivity index (χ1n) is 9.18. The van der Waals surface area contributed by atoms with Gasteiger partial charge in [0, 0.05) is 19.8 Å². The first-order valence-corrected chi connectivity index (χ1v) is 9.18. The summed E-state index contributed by atoms with van der Waals surface area (Å²) in [7, 11) is 0. The van der Waals surface area contributed by atoms with Crippen LogP contribution in [0.4, 0.5) is 4.79 Å². The number of aliphatic hydroxyl groups is 1. The van der Waals surface area contributed by atoms with E-state index in [9.17, 15) is 9.90 Å². The molecule has 2 atom stereocenters. The molecule has 5 nitrogen and oxygen atoms in total. The second kappa shape index (κ2) is 8.68. The van der Waals surface area contributed by atoms with Gasteiger partial charge in [-0.3, -0.25) is 0 Å². The molecule has 0 unspecified atom stereocenters. The van der Waals surface area contributed by atoms with Crippen LogP contribution < -0.4 is 10.6 Å². The van der Waals surface area contributed by atoms with E-state index in [-0.39, 0.29) is 30.0 Å². The van der Waals surface area contributed by atoms with Gasteiger partial charge in [-0.25, -0.2) is 4.79 Å². The van der Waals surface area contributed by atoms with Gasteiger partial charge >= 0.3 is 6.03 Å². The average Bonchev–Trinajstić information content (AvgIpc) is 2.59. The van der Waals surface area contributed by atoms with Crippen molar-refractivity contribution in [1.82, 2.24) is 10.6 Å². The van der Waals surface area contributed by atoms with E-state index < -0.39 is 6.10 Å². The van der Waals surface area contributed by atoms with Crippen molar-refractivity contribution < 1.29 is 14.6 Å². The fourth-order valence-corrected chi connectivity index (χ4v) is 3.07. The Hall–Kier alpha value is -1.59. The van der Waals surface area contributed by atoms with E-state index in [1.165, 1.54) is 5.56 Å². The van der Waals surface area contributed by atoms with E-state index in [4.69, 9.17) is 4.74 Å². The lowest BCUT2D eigenvalue weighted by atomic mass is 9.86. The number of urea groups is 1. The second-order valence-corrected chi connectivity index (χ2v) is 7.97. The molecule has 3 N–H and O–H groups in total. The third kappa shape index (κ3) is 6.01. The molecule has 0 radical (unpaired) electrons. The van der Waals surface area contributed by atoms with E-state index in [1.54, 1.807) is 0 Å². The maximum Gasteiger partial charge on any atom is 0.315 e. The number of ether oxygens (including phenoxy) is 1. The maximum atomic E-state index is 12.1. The van der Waals surface area contributed by atoms with Crippen molar-refractivity contribution in [1.29, 1.82) is 0 Å². The molecule has 2 amide bonds. The molecule has 0 spiro atoms. The summed E-state index contributed by atoms with van der Waals surface area (Å²) in [5.74, 6) is 0.205. The number of hydrogen-bond acceptors (Lipinski definition) is 3. The molecular weight excluding hydrogens is 316 g/mol. The van der Waals surface area contributed by atoms with Gasteiger partial charge in [0.1, 0.15) is 0 Å². The van der Waals surface area contributed by atoms with Crippen molar-refractivity contribution in [2.45, 2.75) is 58.1 Å². The zero-order chi connectivity index (χ0) is 18.4. The number of benzene rings is 1. The summed E-state index contributed by atoms with van der Waals surface area (Å²) in [5, 5.41) is 15.9. The van der Waals surface area contributed by atoms with Crippen LogP contribution in [0.3, 0.4) is 0 Å². The first kappa shape index (κ1) is 19.7. The molecule has 140 valence electrons. The van der Waals surface area contributed by atoms with Crippen molar-refractivity contribution in [3.8, 4) is 0 Å². The van der Waals surface area contributed by atoms with E-state index in [1.807, 2.05) is 6.92 Å². The molecule has 2 rings (SSSR count). The van der Waals surface area contributed by atoms with Gasteiger partial charge in [-0.2, -0.15) is 0 Å². The zero-order valence-electron chi connectivity index (χ0n) is 15.8. The predicted molar refractivity (Wildman–Crippen MR) is 99.6 cm³/mol. The van der Waals surface area contributed by atoms with Crippen LogP contribution in [0.2, 0.25) is 0 Å². The lowest BCUT2D eigenvalue weighted by molar-refractivity contribution is 0.00949. The Morgan fingerprint density at radius 3 is 2.40 bits per heavy atom. The maximum absolute atomic E-state index is 12.1. The molecule has 1 saturated heterocycles. The third-order valence-electron chi connectivity index (χ3n) is 4.91. The summed E-state index contributed by atoms with van der Waals surface area (Å²) in [6, 6.07) is 8.00. The van der Waals surface area contributed by atoms with E-state index in [0.29, 0.717) is 13.2 Å². The van der Waals surface area contributed by atoms with Crippen molar-refractivity contribution >= 4 is 6.03 Å². The van der Waals surface area contributed by atoms with Crippen LogP contribution in [0, 0.1) is 5.92 Å². The van der Waals surface area contributed by atoms with E-state index in [2.05, 4.69) is 55.7 Å². The van der Waals surface area contributed by atoms with Crippen LogP contribution in [0.5, 0.6) is 0 Å². The topological polar surface area (TPSA) is 70.6 Å². The monoisotopic (exact) mass is 348 g/mol. The summed E-state index contributed by atoms with van der Waals surface area (Å²) in [5.41, 5.74) is 2.45. The Morgan fingerprint density at radius 2 is 1.84 bits per heavy atom. The molecule has 1 aromatic carbocycles. The highest BCUT2D eigenvalue weighted by molar-refractivity contribution is 5.74. The normalized spacial score (nSPS) is 18.4. The molecule has 5 heteroatoms. The van der Waals surface area contributed by atoms with Gasteiger partial charge in [-0.1, -0.05) is 45.0 Å². The summed E-state index contributed by atoms with van der Waals surface area (Å²) < 4.78 is 5.30. The first-order chi connectivity index (χ1) is 11.8. The Bertz CT molecular complexity index is 545. The molecule has 25 heavy (non-hydrogen) atoms. The lowest BCUT2D eigenvalue weighted by Gasteiger charge is -2.27. The van der Waals surface area contributed by atoms with Crippen molar-refractivity contribution in [3.63, 3.8) is 0 Å². The van der Waals surface area contributed by atoms with Gasteiger partial charge in [0.2, 0.25) is 0 Å². The molecular formula is C20H32N2O3. The standard InChI is InChI=1S/C20H32N2O3/c1-14(15-5-7-17(8-6-15)20(2,3)4)22-19(24)21-13-18(23)16-9-11-25-12-10-16/h5-8,14,16,18,23H,9-13H2,1-4H3,(H2,21,22,24)/t14-,18-/m0/s1. The Morgan fingerprint density at radius 1 is 1.24 bits per heavy atom. The highest BCUT2D eigenvalue weighted by atomic mass is 16.5.